The molecule has 1 rings (SSSR count). The maximum Gasteiger partial charge on any atom is 0.227 e. The number of amides is 1. The molecule has 0 heterocycles. The number of carbonyl (C=O) groups excluding carboxylic acids is 1. The normalized spacial score (nSPS) is 11.2. The van der Waals surface area contributed by atoms with E-state index in [9.17, 15) is 4.79 Å². The summed E-state index contributed by atoms with van der Waals surface area (Å²) in [7, 11) is 4.92. The van der Waals surface area contributed by atoms with Gasteiger partial charge in [0, 0.05) is 26.7 Å². The number of aliphatic imine (C=N–C) groups is 1. The largest absolute Gasteiger partial charge is 0.493 e. The zero-order valence-corrected chi connectivity index (χ0v) is 18.8. The second-order valence-electron chi connectivity index (χ2n) is 6.21. The third-order valence-electron chi connectivity index (χ3n) is 3.78. The number of rotatable bonds is 8. The molecule has 1 aromatic rings. The molecule has 0 aliphatic heterocycles. The van der Waals surface area contributed by atoms with Gasteiger partial charge in [-0.25, -0.2) is 0 Å². The Kier molecular flexibility index (Phi) is 11.0. The van der Waals surface area contributed by atoms with Crippen molar-refractivity contribution in [1.29, 1.82) is 0 Å². The van der Waals surface area contributed by atoms with Crippen molar-refractivity contribution in [3.63, 3.8) is 0 Å². The van der Waals surface area contributed by atoms with E-state index in [4.69, 9.17) is 9.47 Å². The molecule has 1 amide bonds. The molecule has 0 aromatic heterocycles. The number of methoxy groups -OCH3 is 2. The van der Waals surface area contributed by atoms with Crippen LogP contribution in [0.3, 0.4) is 0 Å². The van der Waals surface area contributed by atoms with Crippen LogP contribution in [-0.4, -0.2) is 46.2 Å². The standard InChI is InChI=1S/C18H30N4O3.HI/c1-7-20-16(23)18(2,3)12-22-17(19-4)21-11-13-8-9-14(24-5)15(10-13)25-6;/h8-10H,7,11-12H2,1-6H3,(H,20,23)(H2,19,21,22);1H. The van der Waals surface area contributed by atoms with E-state index in [1.165, 1.54) is 0 Å². The zero-order chi connectivity index (χ0) is 18.9. The molecule has 0 unspecified atom stereocenters. The van der Waals surface area contributed by atoms with Gasteiger partial charge in [0.2, 0.25) is 5.91 Å². The summed E-state index contributed by atoms with van der Waals surface area (Å²) in [6.45, 7) is 7.37. The number of carbonyl (C=O) groups is 1. The third kappa shape index (κ3) is 7.27. The van der Waals surface area contributed by atoms with E-state index in [1.807, 2.05) is 39.0 Å². The van der Waals surface area contributed by atoms with Crippen LogP contribution in [0.15, 0.2) is 23.2 Å². The Labute approximate surface area is 173 Å². The summed E-state index contributed by atoms with van der Waals surface area (Å²) in [6.07, 6.45) is 0. The fourth-order valence-electron chi connectivity index (χ4n) is 2.18. The highest BCUT2D eigenvalue weighted by Gasteiger charge is 2.27. The second-order valence-corrected chi connectivity index (χ2v) is 6.21. The van der Waals surface area contributed by atoms with Crippen LogP contribution in [0.25, 0.3) is 0 Å². The van der Waals surface area contributed by atoms with Gasteiger partial charge in [0.1, 0.15) is 0 Å². The first-order valence-electron chi connectivity index (χ1n) is 8.31. The average molecular weight is 478 g/mol. The first kappa shape index (κ1) is 24.3. The summed E-state index contributed by atoms with van der Waals surface area (Å²) >= 11 is 0. The lowest BCUT2D eigenvalue weighted by atomic mass is 9.92. The summed E-state index contributed by atoms with van der Waals surface area (Å²) in [5, 5.41) is 9.27. The van der Waals surface area contributed by atoms with Crippen LogP contribution in [0.5, 0.6) is 11.5 Å². The molecule has 0 bridgehead atoms. The molecule has 3 N–H and O–H groups in total. The number of nitrogens with zero attached hydrogens (tertiary/aromatic N) is 1. The Balaban J connectivity index is 0.00000625. The van der Waals surface area contributed by atoms with Crippen molar-refractivity contribution in [2.24, 2.45) is 10.4 Å². The summed E-state index contributed by atoms with van der Waals surface area (Å²) in [6, 6.07) is 5.74. The van der Waals surface area contributed by atoms with Gasteiger partial charge in [-0.05, 0) is 38.5 Å². The first-order valence-corrected chi connectivity index (χ1v) is 8.31. The number of benzene rings is 1. The van der Waals surface area contributed by atoms with E-state index in [0.29, 0.717) is 37.1 Å². The minimum absolute atomic E-state index is 0. The molecule has 0 saturated heterocycles. The topological polar surface area (TPSA) is 84.0 Å². The van der Waals surface area contributed by atoms with Crippen LogP contribution in [0.4, 0.5) is 0 Å². The lowest BCUT2D eigenvalue weighted by Gasteiger charge is -2.24. The highest BCUT2D eigenvalue weighted by Crippen LogP contribution is 2.27. The fraction of sp³-hybridized carbons (Fsp3) is 0.556. The maximum absolute atomic E-state index is 12.0. The van der Waals surface area contributed by atoms with E-state index < -0.39 is 5.41 Å². The smallest absolute Gasteiger partial charge is 0.227 e. The third-order valence-corrected chi connectivity index (χ3v) is 3.78. The summed E-state index contributed by atoms with van der Waals surface area (Å²) in [5.74, 6) is 2.02. The van der Waals surface area contributed by atoms with Crippen LogP contribution in [0, 0.1) is 5.41 Å². The molecule has 8 heteroatoms. The van der Waals surface area contributed by atoms with Crippen LogP contribution in [-0.2, 0) is 11.3 Å². The van der Waals surface area contributed by atoms with Gasteiger partial charge >= 0.3 is 0 Å². The molecule has 7 nitrogen and oxygen atoms in total. The molecule has 0 fully saturated rings. The van der Waals surface area contributed by atoms with E-state index in [2.05, 4.69) is 20.9 Å². The van der Waals surface area contributed by atoms with Gasteiger partial charge in [0.25, 0.3) is 0 Å². The van der Waals surface area contributed by atoms with Crippen molar-refractivity contribution in [3.05, 3.63) is 23.8 Å². The summed E-state index contributed by atoms with van der Waals surface area (Å²) in [5.41, 5.74) is 0.500. The van der Waals surface area contributed by atoms with Gasteiger partial charge in [-0.15, -0.1) is 24.0 Å². The predicted octanol–water partition coefficient (Wildman–Crippen LogP) is 2.15. The monoisotopic (exact) mass is 478 g/mol. The average Bonchev–Trinajstić information content (AvgIpc) is 2.61. The minimum atomic E-state index is -0.531. The van der Waals surface area contributed by atoms with Gasteiger partial charge in [-0.2, -0.15) is 0 Å². The molecule has 0 spiro atoms. The molecule has 0 saturated carbocycles. The van der Waals surface area contributed by atoms with Gasteiger partial charge in [0.15, 0.2) is 17.5 Å². The Morgan fingerprint density at radius 2 is 1.77 bits per heavy atom. The highest BCUT2D eigenvalue weighted by molar-refractivity contribution is 14.0. The van der Waals surface area contributed by atoms with Gasteiger partial charge < -0.3 is 25.4 Å². The molecular formula is C18H31IN4O3. The Morgan fingerprint density at radius 1 is 1.12 bits per heavy atom. The molecule has 26 heavy (non-hydrogen) atoms. The van der Waals surface area contributed by atoms with Crippen LogP contribution in [0.1, 0.15) is 26.3 Å². The van der Waals surface area contributed by atoms with Crippen LogP contribution < -0.4 is 25.4 Å². The van der Waals surface area contributed by atoms with E-state index in [1.54, 1.807) is 21.3 Å². The van der Waals surface area contributed by atoms with Gasteiger partial charge in [0.05, 0.1) is 19.6 Å². The molecular weight excluding hydrogens is 447 g/mol. The SMILES string of the molecule is CCNC(=O)C(C)(C)CNC(=NC)NCc1ccc(OC)c(OC)c1.I. The van der Waals surface area contributed by atoms with Crippen LogP contribution in [0.2, 0.25) is 0 Å². The molecule has 0 aliphatic carbocycles. The number of nitrogens with one attached hydrogen (secondary N) is 3. The van der Waals surface area contributed by atoms with E-state index in [0.717, 1.165) is 5.56 Å². The quantitative estimate of drug-likeness (QED) is 0.303. The van der Waals surface area contributed by atoms with Crippen molar-refractivity contribution >= 4 is 35.8 Å². The van der Waals surface area contributed by atoms with Crippen LogP contribution >= 0.6 is 24.0 Å². The molecule has 148 valence electrons. The second kappa shape index (κ2) is 11.8. The van der Waals surface area contributed by atoms with E-state index >= 15 is 0 Å². The van der Waals surface area contributed by atoms with Crippen molar-refractivity contribution < 1.29 is 14.3 Å². The van der Waals surface area contributed by atoms with Crippen molar-refractivity contribution in [1.82, 2.24) is 16.0 Å². The summed E-state index contributed by atoms with van der Waals surface area (Å²) in [4.78, 5) is 16.2. The first-order chi connectivity index (χ1) is 11.9. The maximum atomic E-state index is 12.0. The number of hydrogen-bond acceptors (Lipinski definition) is 4. The van der Waals surface area contributed by atoms with Crippen molar-refractivity contribution in [2.75, 3.05) is 34.4 Å². The zero-order valence-electron chi connectivity index (χ0n) is 16.4. The number of halogens is 1. The number of guanidine groups is 1. The number of hydrogen-bond donors (Lipinski definition) is 3. The van der Waals surface area contributed by atoms with Gasteiger partial charge in [-0.1, -0.05) is 6.07 Å². The Bertz CT molecular complexity index is 606. The Morgan fingerprint density at radius 3 is 2.31 bits per heavy atom. The fourth-order valence-corrected chi connectivity index (χ4v) is 2.18. The van der Waals surface area contributed by atoms with Crippen molar-refractivity contribution in [3.8, 4) is 11.5 Å². The van der Waals surface area contributed by atoms with Gasteiger partial charge in [-0.3, -0.25) is 9.79 Å². The summed E-state index contributed by atoms with van der Waals surface area (Å²) < 4.78 is 10.5. The molecule has 0 aliphatic rings. The molecule has 0 atom stereocenters. The lowest BCUT2D eigenvalue weighted by molar-refractivity contribution is -0.128. The number of ether oxygens (including phenoxy) is 2. The molecule has 0 radical (unpaired) electrons. The Hall–Kier alpha value is -1.71. The minimum Gasteiger partial charge on any atom is -0.493 e. The predicted molar refractivity (Wildman–Crippen MR) is 116 cm³/mol. The lowest BCUT2D eigenvalue weighted by Crippen LogP contribution is -2.47. The van der Waals surface area contributed by atoms with Crippen molar-refractivity contribution in [2.45, 2.75) is 27.3 Å². The molecule has 1 aromatic carbocycles. The highest BCUT2D eigenvalue weighted by atomic mass is 127. The van der Waals surface area contributed by atoms with E-state index in [-0.39, 0.29) is 29.9 Å².